The average molecular weight is 323 g/mol. The molecule has 0 fully saturated rings. The molecular formula is C18H21N5O. The van der Waals surface area contributed by atoms with Crippen molar-refractivity contribution in [2.45, 2.75) is 39.0 Å². The molecule has 1 aromatic carbocycles. The van der Waals surface area contributed by atoms with Crippen LogP contribution in [0.4, 0.5) is 0 Å². The Hall–Kier alpha value is -2.47. The number of hydrogen-bond donors (Lipinski definition) is 0. The number of likely N-dealkylation sites (N-methyl/N-ethyl adjacent to an activating group) is 1. The summed E-state index contributed by atoms with van der Waals surface area (Å²) in [6, 6.07) is 10.7. The minimum Gasteiger partial charge on any atom is -0.293 e. The second kappa shape index (κ2) is 5.56. The normalized spacial score (nSPS) is 18.2. The number of aromatic nitrogens is 4. The maximum absolute atomic E-state index is 12.9. The number of nitrogens with zero attached hydrogens (tertiary/aromatic N) is 5. The van der Waals surface area contributed by atoms with Crippen LogP contribution < -0.4 is 5.56 Å². The summed E-state index contributed by atoms with van der Waals surface area (Å²) in [7, 11) is 2.08. The monoisotopic (exact) mass is 323 g/mol. The minimum absolute atomic E-state index is 0.0101. The molecule has 0 amide bonds. The molecule has 6 heteroatoms. The fourth-order valence-electron chi connectivity index (χ4n) is 3.43. The molecular weight excluding hydrogens is 302 g/mol. The van der Waals surface area contributed by atoms with E-state index in [0.717, 1.165) is 5.82 Å². The first-order chi connectivity index (χ1) is 11.6. The van der Waals surface area contributed by atoms with Gasteiger partial charge in [0.05, 0.1) is 18.8 Å². The second-order valence-corrected chi connectivity index (χ2v) is 6.71. The number of benzene rings is 1. The lowest BCUT2D eigenvalue weighted by molar-refractivity contribution is 0.170. The summed E-state index contributed by atoms with van der Waals surface area (Å²) in [6.45, 7) is 5.35. The van der Waals surface area contributed by atoms with Crippen LogP contribution in [0.2, 0.25) is 0 Å². The number of fused-ring (bicyclic) bond motifs is 2. The molecule has 2 aromatic heterocycles. The van der Waals surface area contributed by atoms with E-state index in [0.29, 0.717) is 24.1 Å². The Morgan fingerprint density at radius 3 is 2.67 bits per heavy atom. The second-order valence-electron chi connectivity index (χ2n) is 6.71. The zero-order valence-electron chi connectivity index (χ0n) is 14.2. The van der Waals surface area contributed by atoms with Crippen molar-refractivity contribution in [3.8, 4) is 0 Å². The van der Waals surface area contributed by atoms with Crippen molar-refractivity contribution in [3.05, 3.63) is 58.3 Å². The third kappa shape index (κ3) is 2.26. The summed E-state index contributed by atoms with van der Waals surface area (Å²) in [4.78, 5) is 20.0. The molecule has 0 saturated heterocycles. The van der Waals surface area contributed by atoms with E-state index in [1.807, 2.05) is 41.3 Å². The van der Waals surface area contributed by atoms with Crippen LogP contribution >= 0.6 is 0 Å². The van der Waals surface area contributed by atoms with Gasteiger partial charge in [-0.05, 0) is 26.5 Å². The van der Waals surface area contributed by atoms with Gasteiger partial charge in [-0.3, -0.25) is 14.3 Å². The third-order valence-electron chi connectivity index (χ3n) is 4.74. The first-order valence-electron chi connectivity index (χ1n) is 8.28. The highest BCUT2D eigenvalue weighted by Crippen LogP contribution is 2.27. The van der Waals surface area contributed by atoms with E-state index in [1.165, 1.54) is 5.56 Å². The van der Waals surface area contributed by atoms with E-state index >= 15 is 0 Å². The number of hydrogen-bond acceptors (Lipinski definition) is 4. The van der Waals surface area contributed by atoms with Crippen molar-refractivity contribution in [2.24, 2.45) is 0 Å². The molecule has 0 spiro atoms. The third-order valence-corrected chi connectivity index (χ3v) is 4.74. The fraction of sp³-hybridized carbons (Fsp3) is 0.389. The predicted octanol–water partition coefficient (Wildman–Crippen LogP) is 2.36. The maximum atomic E-state index is 12.9. The largest absolute Gasteiger partial charge is 0.293 e. The van der Waals surface area contributed by atoms with E-state index < -0.39 is 0 Å². The predicted molar refractivity (Wildman–Crippen MR) is 92.8 cm³/mol. The molecule has 1 aliphatic heterocycles. The lowest BCUT2D eigenvalue weighted by Crippen LogP contribution is -2.40. The smallest absolute Gasteiger partial charge is 0.264 e. The van der Waals surface area contributed by atoms with Gasteiger partial charge in [0.2, 0.25) is 0 Å². The molecule has 124 valence electrons. The topological polar surface area (TPSA) is 56.0 Å². The standard InChI is InChI=1S/C18H21N5O/c1-12(2)23-17-14(9-19-23)18(24)22-10-15(13-7-5-4-6-8-13)21(3)11-16(22)20-17/h4-9,12,15H,10-11H2,1-3H3. The molecule has 1 unspecified atom stereocenters. The van der Waals surface area contributed by atoms with Gasteiger partial charge in [0.25, 0.3) is 5.56 Å². The molecule has 0 saturated carbocycles. The van der Waals surface area contributed by atoms with E-state index in [-0.39, 0.29) is 17.6 Å². The zero-order chi connectivity index (χ0) is 16.8. The van der Waals surface area contributed by atoms with Crippen LogP contribution in [0.3, 0.4) is 0 Å². The van der Waals surface area contributed by atoms with Gasteiger partial charge in [0.15, 0.2) is 5.65 Å². The maximum Gasteiger partial charge on any atom is 0.264 e. The molecule has 0 bridgehead atoms. The van der Waals surface area contributed by atoms with Crippen LogP contribution in [-0.4, -0.2) is 31.3 Å². The molecule has 0 N–H and O–H groups in total. The summed E-state index contributed by atoms with van der Waals surface area (Å²) in [5, 5.41) is 4.95. The van der Waals surface area contributed by atoms with Crippen LogP contribution in [0.15, 0.2) is 41.3 Å². The molecule has 4 rings (SSSR count). The Bertz CT molecular complexity index is 941. The molecule has 3 heterocycles. The van der Waals surface area contributed by atoms with Crippen molar-refractivity contribution in [3.63, 3.8) is 0 Å². The van der Waals surface area contributed by atoms with Gasteiger partial charge in [-0.15, -0.1) is 0 Å². The summed E-state index contributed by atoms with van der Waals surface area (Å²) < 4.78 is 3.63. The Kier molecular flexibility index (Phi) is 3.49. The summed E-state index contributed by atoms with van der Waals surface area (Å²) >= 11 is 0. The molecule has 1 atom stereocenters. The van der Waals surface area contributed by atoms with E-state index in [2.05, 4.69) is 29.2 Å². The van der Waals surface area contributed by atoms with Gasteiger partial charge in [0, 0.05) is 12.6 Å². The van der Waals surface area contributed by atoms with Gasteiger partial charge in [-0.1, -0.05) is 30.3 Å². The molecule has 0 aliphatic carbocycles. The Morgan fingerprint density at radius 2 is 1.96 bits per heavy atom. The van der Waals surface area contributed by atoms with Gasteiger partial charge < -0.3 is 0 Å². The molecule has 3 aromatic rings. The Labute approximate surface area is 140 Å². The van der Waals surface area contributed by atoms with Gasteiger partial charge in [0.1, 0.15) is 11.2 Å². The van der Waals surface area contributed by atoms with Crippen molar-refractivity contribution in [1.82, 2.24) is 24.2 Å². The molecule has 1 aliphatic rings. The summed E-state index contributed by atoms with van der Waals surface area (Å²) in [5.41, 5.74) is 1.92. The average Bonchev–Trinajstić information content (AvgIpc) is 2.99. The summed E-state index contributed by atoms with van der Waals surface area (Å²) in [5.74, 6) is 0.810. The highest BCUT2D eigenvalue weighted by Gasteiger charge is 2.28. The lowest BCUT2D eigenvalue weighted by Gasteiger charge is -2.34. The van der Waals surface area contributed by atoms with Crippen molar-refractivity contribution in [1.29, 1.82) is 0 Å². The zero-order valence-corrected chi connectivity index (χ0v) is 14.2. The van der Waals surface area contributed by atoms with E-state index in [9.17, 15) is 4.79 Å². The summed E-state index contributed by atoms with van der Waals surface area (Å²) in [6.07, 6.45) is 1.65. The lowest BCUT2D eigenvalue weighted by atomic mass is 10.0. The number of rotatable bonds is 2. The van der Waals surface area contributed by atoms with Crippen molar-refractivity contribution >= 4 is 11.0 Å². The molecule has 6 nitrogen and oxygen atoms in total. The first-order valence-corrected chi connectivity index (χ1v) is 8.28. The van der Waals surface area contributed by atoms with Gasteiger partial charge >= 0.3 is 0 Å². The fourth-order valence-corrected chi connectivity index (χ4v) is 3.43. The Morgan fingerprint density at radius 1 is 1.21 bits per heavy atom. The first kappa shape index (κ1) is 15.1. The van der Waals surface area contributed by atoms with Gasteiger partial charge in [-0.25, -0.2) is 9.67 Å². The van der Waals surface area contributed by atoms with Crippen molar-refractivity contribution < 1.29 is 0 Å². The SMILES string of the molecule is CC(C)n1ncc2c(=O)n3c(nc21)CN(C)C(c1ccccc1)C3. The van der Waals surface area contributed by atoms with Crippen LogP contribution in [-0.2, 0) is 13.1 Å². The van der Waals surface area contributed by atoms with Crippen LogP contribution in [0, 0.1) is 0 Å². The highest BCUT2D eigenvalue weighted by molar-refractivity contribution is 5.73. The molecule has 0 radical (unpaired) electrons. The van der Waals surface area contributed by atoms with Crippen molar-refractivity contribution in [2.75, 3.05) is 7.05 Å². The van der Waals surface area contributed by atoms with Gasteiger partial charge in [-0.2, -0.15) is 5.10 Å². The highest BCUT2D eigenvalue weighted by atomic mass is 16.1. The van der Waals surface area contributed by atoms with Crippen LogP contribution in [0.5, 0.6) is 0 Å². The minimum atomic E-state index is 0.0101. The van der Waals surface area contributed by atoms with E-state index in [4.69, 9.17) is 4.98 Å². The Balaban J connectivity index is 1.84. The quantitative estimate of drug-likeness (QED) is 0.726. The van der Waals surface area contributed by atoms with Crippen LogP contribution in [0.1, 0.15) is 37.3 Å². The molecule has 24 heavy (non-hydrogen) atoms. The van der Waals surface area contributed by atoms with Crippen LogP contribution in [0.25, 0.3) is 11.0 Å². The van der Waals surface area contributed by atoms with E-state index in [1.54, 1.807) is 6.20 Å².